The highest BCUT2D eigenvalue weighted by Crippen LogP contribution is 2.46. The first-order chi connectivity index (χ1) is 21.0. The number of ether oxygens (including phenoxy) is 1. The summed E-state index contributed by atoms with van der Waals surface area (Å²) in [5, 5.41) is 26.9. The summed E-state index contributed by atoms with van der Waals surface area (Å²) in [6.45, 7) is 2.63. The average molecular weight is 603 g/mol. The maximum Gasteiger partial charge on any atom is 0.343 e. The van der Waals surface area contributed by atoms with Gasteiger partial charge in [-0.2, -0.15) is 0 Å². The zero-order valence-electron chi connectivity index (χ0n) is 23.8. The monoisotopic (exact) mass is 602 g/mol. The lowest BCUT2D eigenvalue weighted by Gasteiger charge is -2.31. The molecule has 0 radical (unpaired) electrons. The zero-order chi connectivity index (χ0) is 31.2. The van der Waals surface area contributed by atoms with Gasteiger partial charge in [0.25, 0.3) is 21.8 Å². The van der Waals surface area contributed by atoms with Crippen molar-refractivity contribution < 1.29 is 24.1 Å². The summed E-state index contributed by atoms with van der Waals surface area (Å²) in [5.74, 6) is -1.31. The van der Waals surface area contributed by atoms with Gasteiger partial charge in [-0.1, -0.05) is 6.92 Å². The van der Waals surface area contributed by atoms with E-state index in [-0.39, 0.29) is 55.2 Å². The molecule has 0 bridgehead atoms. The third-order valence-electron chi connectivity index (χ3n) is 9.23. The average Bonchev–Trinajstić information content (AvgIpc) is 3.47. The van der Waals surface area contributed by atoms with Crippen molar-refractivity contribution in [2.45, 2.75) is 57.9 Å². The van der Waals surface area contributed by atoms with Gasteiger partial charge in [0, 0.05) is 29.1 Å². The molecule has 1 aliphatic carbocycles. The van der Waals surface area contributed by atoms with Crippen LogP contribution in [0, 0.1) is 12.7 Å². The molecule has 12 nitrogen and oxygen atoms in total. The van der Waals surface area contributed by atoms with Gasteiger partial charge in [0.15, 0.2) is 5.60 Å². The van der Waals surface area contributed by atoms with Gasteiger partial charge in [-0.25, -0.2) is 14.2 Å². The molecule has 4 heterocycles. The van der Waals surface area contributed by atoms with E-state index in [1.165, 1.54) is 10.6 Å². The molecule has 7 rings (SSSR count). The number of hydrogen-bond donors (Lipinski definition) is 4. The first-order valence-electron chi connectivity index (χ1n) is 14.3. The van der Waals surface area contributed by atoms with E-state index in [0.29, 0.717) is 51.8 Å². The van der Waals surface area contributed by atoms with Crippen molar-refractivity contribution in [1.29, 1.82) is 0 Å². The van der Waals surface area contributed by atoms with Gasteiger partial charge in [0.05, 0.1) is 41.7 Å². The molecule has 0 fully saturated rings. The van der Waals surface area contributed by atoms with Crippen LogP contribution in [-0.4, -0.2) is 38.9 Å². The van der Waals surface area contributed by atoms with E-state index in [9.17, 15) is 34.2 Å². The minimum absolute atomic E-state index is 0.0297. The normalized spacial score (nSPS) is 19.8. The van der Waals surface area contributed by atoms with E-state index in [1.807, 2.05) is 0 Å². The molecule has 2 atom stereocenters. The van der Waals surface area contributed by atoms with Crippen LogP contribution in [0.5, 0.6) is 0 Å². The van der Waals surface area contributed by atoms with Crippen LogP contribution < -0.4 is 32.5 Å². The third kappa shape index (κ3) is 3.62. The predicted octanol–water partition coefficient (Wildman–Crippen LogP) is 0.987. The Kier molecular flexibility index (Phi) is 6.14. The number of aliphatic hydroxyl groups is 2. The number of aromatic nitrogens is 2. The molecule has 2 aromatic carbocycles. The number of hydrogen-bond acceptors (Lipinski definition) is 11. The van der Waals surface area contributed by atoms with Gasteiger partial charge >= 0.3 is 5.97 Å². The number of nitrogens with one attached hydrogen (secondary N) is 2. The van der Waals surface area contributed by atoms with E-state index < -0.39 is 45.3 Å². The molecule has 226 valence electrons. The van der Waals surface area contributed by atoms with Gasteiger partial charge in [-0.05, 0) is 48.9 Å². The highest BCUT2D eigenvalue weighted by atomic mass is 19.1. The summed E-state index contributed by atoms with van der Waals surface area (Å²) < 4.78 is 21.8. The second-order valence-electron chi connectivity index (χ2n) is 11.4. The summed E-state index contributed by atoms with van der Waals surface area (Å²) in [7, 11) is 0. The predicted molar refractivity (Wildman–Crippen MR) is 157 cm³/mol. The Morgan fingerprint density at radius 2 is 1.84 bits per heavy atom. The molecule has 0 saturated heterocycles. The highest BCUT2D eigenvalue weighted by Gasteiger charge is 2.46. The molecule has 2 aromatic heterocycles. The number of halogens is 1. The number of fused-ring (bicyclic) bond motifs is 5. The molecule has 4 N–H and O–H groups in total. The fraction of sp³-hybridized carbons (Fsp3) is 0.355. The van der Waals surface area contributed by atoms with E-state index in [4.69, 9.17) is 9.72 Å². The minimum atomic E-state index is -2.02. The molecule has 0 saturated carbocycles. The summed E-state index contributed by atoms with van der Waals surface area (Å²) in [6, 6.07) is 2.22. The Morgan fingerprint density at radius 3 is 2.57 bits per heavy atom. The summed E-state index contributed by atoms with van der Waals surface area (Å²) in [6.07, 6.45) is 0.727. The number of carbonyl (C=O) groups excluding carboxylic acids is 1. The number of pyridine rings is 2. The van der Waals surface area contributed by atoms with Gasteiger partial charge in [0.1, 0.15) is 23.8 Å². The van der Waals surface area contributed by atoms with Crippen molar-refractivity contribution in [3.8, 4) is 11.4 Å². The number of carbonyl (C=O) groups is 1. The lowest BCUT2D eigenvalue weighted by atomic mass is 9.81. The number of anilines is 2. The lowest BCUT2D eigenvalue weighted by Crippen LogP contribution is -2.44. The number of aryl methyl sites for hydroxylation is 1. The number of aliphatic hydroxyl groups excluding tert-OH is 1. The zero-order valence-corrected chi connectivity index (χ0v) is 23.8. The number of benzene rings is 1. The van der Waals surface area contributed by atoms with E-state index in [1.54, 1.807) is 19.9 Å². The Hall–Kier alpha value is -4.75. The molecule has 2 aliphatic heterocycles. The molecular weight excluding hydrogens is 575 g/mol. The smallest absolute Gasteiger partial charge is 0.343 e. The van der Waals surface area contributed by atoms with Crippen LogP contribution in [0.2, 0.25) is 0 Å². The second-order valence-corrected chi connectivity index (χ2v) is 11.4. The third-order valence-corrected chi connectivity index (χ3v) is 9.23. The van der Waals surface area contributed by atoms with Crippen LogP contribution in [0.1, 0.15) is 59.2 Å². The molecule has 0 spiro atoms. The number of esters is 1. The SMILES string of the molecule is CC[C@@]1(O)C(=O)OCc2c1cc1n(c2=O)Cc2c-1nc1cc(F)c(C)c3c1c2[C@@H](Nc1c(NCCO)c(=O)c(=O)c1=O)CC3. The fourth-order valence-corrected chi connectivity index (χ4v) is 6.92. The first kappa shape index (κ1) is 28.0. The van der Waals surface area contributed by atoms with E-state index >= 15 is 4.39 Å². The largest absolute Gasteiger partial charge is 0.458 e. The van der Waals surface area contributed by atoms with Crippen LogP contribution in [0.15, 0.2) is 31.3 Å². The fourth-order valence-electron chi connectivity index (χ4n) is 6.92. The van der Waals surface area contributed by atoms with Crippen LogP contribution in [-0.2, 0) is 34.7 Å². The molecular formula is C31H27FN4O8. The first-order valence-corrected chi connectivity index (χ1v) is 14.3. The topological polar surface area (TPSA) is 177 Å². The minimum Gasteiger partial charge on any atom is -0.458 e. The maximum atomic E-state index is 15.2. The quantitative estimate of drug-likeness (QED) is 0.161. The van der Waals surface area contributed by atoms with Gasteiger partial charge in [-0.3, -0.25) is 19.2 Å². The van der Waals surface area contributed by atoms with Crippen LogP contribution in [0.3, 0.4) is 0 Å². The maximum absolute atomic E-state index is 15.2. The van der Waals surface area contributed by atoms with Crippen molar-refractivity contribution in [2.75, 3.05) is 23.8 Å². The number of cyclic esters (lactones) is 1. The van der Waals surface area contributed by atoms with Crippen molar-refractivity contribution in [2.24, 2.45) is 0 Å². The van der Waals surface area contributed by atoms with Crippen LogP contribution in [0.25, 0.3) is 22.3 Å². The number of nitrogens with zero attached hydrogens (tertiary/aromatic N) is 2. The Morgan fingerprint density at radius 1 is 1.09 bits per heavy atom. The molecule has 0 unspecified atom stereocenters. The van der Waals surface area contributed by atoms with Crippen LogP contribution >= 0.6 is 0 Å². The van der Waals surface area contributed by atoms with Gasteiger partial charge < -0.3 is 30.2 Å². The lowest BCUT2D eigenvalue weighted by molar-refractivity contribution is -0.172. The Bertz CT molecular complexity index is 2170. The highest BCUT2D eigenvalue weighted by molar-refractivity contribution is 5.94. The molecule has 44 heavy (non-hydrogen) atoms. The van der Waals surface area contributed by atoms with E-state index in [2.05, 4.69) is 10.6 Å². The Labute approximate surface area is 247 Å². The van der Waals surface area contributed by atoms with Crippen molar-refractivity contribution in [1.82, 2.24) is 9.55 Å². The Balaban J connectivity index is 1.48. The summed E-state index contributed by atoms with van der Waals surface area (Å²) in [5.41, 5.74) is -2.43. The molecule has 4 aromatic rings. The second kappa shape index (κ2) is 9.63. The standard InChI is InChI=1S/C31H27FN4O8/c1-3-31(43)16-8-20-23-14(10-36(20)29(41)15(16)11-44-30(31)42)22-18(5-4-13-12(2)17(32)9-19(35-23)21(13)22)34-25-24(33-6-7-37)26(38)28(40)27(25)39/h8-9,18,33-34,37,43H,3-7,10-11H2,1-2H3/t18-,31-/m0/s1. The van der Waals surface area contributed by atoms with Gasteiger partial charge in [0.2, 0.25) is 0 Å². The van der Waals surface area contributed by atoms with E-state index in [0.717, 1.165) is 5.56 Å². The van der Waals surface area contributed by atoms with Gasteiger partial charge in [-0.15, -0.1) is 0 Å². The molecule has 3 aliphatic rings. The molecule has 0 amide bonds. The molecule has 13 heteroatoms. The summed E-state index contributed by atoms with van der Waals surface area (Å²) in [4.78, 5) is 69.0. The van der Waals surface area contributed by atoms with Crippen LogP contribution in [0.4, 0.5) is 15.8 Å². The van der Waals surface area contributed by atoms with Crippen molar-refractivity contribution in [3.63, 3.8) is 0 Å². The van der Waals surface area contributed by atoms with Crippen molar-refractivity contribution >= 4 is 28.2 Å². The summed E-state index contributed by atoms with van der Waals surface area (Å²) >= 11 is 0. The van der Waals surface area contributed by atoms with Crippen molar-refractivity contribution in [3.05, 3.63) is 92.4 Å². The number of rotatable bonds is 6.